The Morgan fingerprint density at radius 2 is 1.62 bits per heavy atom. The molecular weight excluding hydrogens is 287 g/mol. The number of benzene rings is 2. The zero-order valence-corrected chi connectivity index (χ0v) is 12.6. The monoisotopic (exact) mass is 304 g/mol. The first-order chi connectivity index (χ1) is 10.1. The summed E-state index contributed by atoms with van der Waals surface area (Å²) in [6.45, 7) is 0. The maximum Gasteiger partial charge on any atom is 0.303 e. The van der Waals surface area contributed by atoms with E-state index in [9.17, 15) is 9.36 Å². The molecule has 1 unspecified atom stereocenters. The molecule has 21 heavy (non-hydrogen) atoms. The highest BCUT2D eigenvalue weighted by molar-refractivity contribution is 7.78. The van der Waals surface area contributed by atoms with Gasteiger partial charge < -0.3 is 14.4 Å². The Morgan fingerprint density at radius 3 is 2.14 bits per heavy atom. The molecule has 0 aliphatic carbocycles. The zero-order valence-electron chi connectivity index (χ0n) is 11.7. The smallest absolute Gasteiger partial charge is 0.303 e. The molecule has 0 bridgehead atoms. The van der Waals surface area contributed by atoms with Crippen molar-refractivity contribution < 1.29 is 19.2 Å². The molecule has 1 N–H and O–H groups in total. The number of carbonyl (C=O) groups is 1. The molecule has 0 fully saturated rings. The number of carboxylic acid groups (broad SMARTS) is 1. The summed E-state index contributed by atoms with van der Waals surface area (Å²) < 4.78 is 18.5. The van der Waals surface area contributed by atoms with E-state index in [0.717, 1.165) is 0 Å². The Morgan fingerprint density at radius 1 is 1.05 bits per heavy atom. The molecule has 4 nitrogen and oxygen atoms in total. The molecular formula is C16H17O4P. The van der Waals surface area contributed by atoms with E-state index in [1.807, 2.05) is 18.2 Å². The maximum absolute atomic E-state index is 13.4. The molecule has 1 atom stereocenters. The number of hydrogen-bond acceptors (Lipinski definition) is 3. The van der Waals surface area contributed by atoms with Crippen molar-refractivity contribution in [1.29, 1.82) is 0 Å². The quantitative estimate of drug-likeness (QED) is 0.833. The van der Waals surface area contributed by atoms with Crippen molar-refractivity contribution in [2.24, 2.45) is 0 Å². The van der Waals surface area contributed by atoms with E-state index < -0.39 is 13.1 Å². The highest BCUT2D eigenvalue weighted by atomic mass is 31.2. The normalized spacial score (nSPS) is 13.4. The fourth-order valence-corrected chi connectivity index (χ4v) is 4.76. The SMILES string of the molecule is COc1ccc(P(=O)(CCC(=O)O)c2ccccc2)cc1. The van der Waals surface area contributed by atoms with Gasteiger partial charge in [-0.15, -0.1) is 0 Å². The molecule has 0 aliphatic rings. The van der Waals surface area contributed by atoms with E-state index in [-0.39, 0.29) is 12.6 Å². The summed E-state index contributed by atoms with van der Waals surface area (Å²) in [5.41, 5.74) is 0. The predicted molar refractivity (Wildman–Crippen MR) is 83.4 cm³/mol. The minimum Gasteiger partial charge on any atom is -0.497 e. The van der Waals surface area contributed by atoms with Crippen LogP contribution < -0.4 is 15.3 Å². The first-order valence-electron chi connectivity index (χ1n) is 6.57. The van der Waals surface area contributed by atoms with Crippen molar-refractivity contribution in [3.05, 3.63) is 54.6 Å². The molecule has 0 radical (unpaired) electrons. The van der Waals surface area contributed by atoms with Gasteiger partial charge in [0.1, 0.15) is 12.9 Å². The molecule has 2 aromatic rings. The lowest BCUT2D eigenvalue weighted by atomic mass is 10.3. The lowest BCUT2D eigenvalue weighted by molar-refractivity contribution is -0.136. The number of hydrogen-bond donors (Lipinski definition) is 1. The first-order valence-corrected chi connectivity index (χ1v) is 8.46. The molecule has 5 heteroatoms. The Hall–Kier alpha value is -2.06. The number of carboxylic acids is 1. The van der Waals surface area contributed by atoms with E-state index >= 15 is 0 Å². The highest BCUT2D eigenvalue weighted by Gasteiger charge is 2.27. The van der Waals surface area contributed by atoms with Gasteiger partial charge in [0.2, 0.25) is 0 Å². The van der Waals surface area contributed by atoms with E-state index in [2.05, 4.69) is 0 Å². The second-order valence-electron chi connectivity index (χ2n) is 4.64. The molecule has 0 saturated heterocycles. The standard InChI is InChI=1S/C16H17O4P/c1-20-13-7-9-15(10-8-13)21(19,12-11-16(17)18)14-5-3-2-4-6-14/h2-10H,11-12H2,1H3,(H,17,18). The van der Waals surface area contributed by atoms with Crippen LogP contribution in [0.2, 0.25) is 0 Å². The Balaban J connectivity index is 2.44. The second kappa shape index (κ2) is 6.59. The summed E-state index contributed by atoms with van der Waals surface area (Å²) in [5.74, 6) is -0.267. The Kier molecular flexibility index (Phi) is 4.81. The van der Waals surface area contributed by atoms with E-state index in [1.54, 1.807) is 43.5 Å². The van der Waals surface area contributed by atoms with Crippen LogP contribution in [0, 0.1) is 0 Å². The zero-order chi connectivity index (χ0) is 15.3. The number of rotatable bonds is 6. The van der Waals surface area contributed by atoms with Crippen LogP contribution in [0.5, 0.6) is 5.75 Å². The summed E-state index contributed by atoms with van der Waals surface area (Å²) in [6.07, 6.45) is -0.0170. The number of aliphatic carboxylic acids is 1. The van der Waals surface area contributed by atoms with Crippen molar-refractivity contribution in [3.63, 3.8) is 0 Å². The van der Waals surface area contributed by atoms with Crippen LogP contribution in [0.4, 0.5) is 0 Å². The van der Waals surface area contributed by atoms with Crippen LogP contribution in [-0.2, 0) is 9.36 Å². The van der Waals surface area contributed by atoms with Crippen LogP contribution in [0.3, 0.4) is 0 Å². The van der Waals surface area contributed by atoms with E-state index in [1.165, 1.54) is 0 Å². The fraction of sp³-hybridized carbons (Fsp3) is 0.188. The highest BCUT2D eigenvalue weighted by Crippen LogP contribution is 2.44. The van der Waals surface area contributed by atoms with Crippen molar-refractivity contribution >= 4 is 23.7 Å². The van der Waals surface area contributed by atoms with Gasteiger partial charge in [0, 0.05) is 16.8 Å². The van der Waals surface area contributed by atoms with Gasteiger partial charge in [0.15, 0.2) is 0 Å². The van der Waals surface area contributed by atoms with Crippen molar-refractivity contribution in [2.45, 2.75) is 6.42 Å². The van der Waals surface area contributed by atoms with Gasteiger partial charge in [-0.2, -0.15) is 0 Å². The van der Waals surface area contributed by atoms with Gasteiger partial charge in [0.05, 0.1) is 13.5 Å². The van der Waals surface area contributed by atoms with Crippen LogP contribution in [-0.4, -0.2) is 24.3 Å². The van der Waals surface area contributed by atoms with Crippen molar-refractivity contribution in [1.82, 2.24) is 0 Å². The fourth-order valence-electron chi connectivity index (χ4n) is 2.15. The largest absolute Gasteiger partial charge is 0.497 e. The third-order valence-electron chi connectivity index (χ3n) is 3.30. The van der Waals surface area contributed by atoms with E-state index in [0.29, 0.717) is 16.4 Å². The third kappa shape index (κ3) is 3.53. The van der Waals surface area contributed by atoms with Crippen LogP contribution in [0.25, 0.3) is 0 Å². The Bertz CT molecular complexity index is 650. The molecule has 0 aromatic heterocycles. The van der Waals surface area contributed by atoms with Crippen LogP contribution >= 0.6 is 7.14 Å². The minimum absolute atomic E-state index is 0.110. The third-order valence-corrected chi connectivity index (χ3v) is 6.42. The Labute approximate surface area is 123 Å². The summed E-state index contributed by atoms with van der Waals surface area (Å²) in [7, 11) is -1.38. The van der Waals surface area contributed by atoms with Gasteiger partial charge in [-0.3, -0.25) is 4.79 Å². The number of ether oxygens (including phenoxy) is 1. The second-order valence-corrected chi connectivity index (χ2v) is 7.60. The summed E-state index contributed by atoms with van der Waals surface area (Å²) in [5, 5.41) is 10.2. The summed E-state index contributed by atoms with van der Waals surface area (Å²) >= 11 is 0. The molecule has 110 valence electrons. The molecule has 0 amide bonds. The van der Waals surface area contributed by atoms with E-state index in [4.69, 9.17) is 9.84 Å². The van der Waals surface area contributed by atoms with Gasteiger partial charge >= 0.3 is 5.97 Å². The van der Waals surface area contributed by atoms with Gasteiger partial charge in [-0.25, -0.2) is 0 Å². The average molecular weight is 304 g/mol. The van der Waals surface area contributed by atoms with Crippen molar-refractivity contribution in [2.75, 3.05) is 13.3 Å². The molecule has 0 saturated carbocycles. The van der Waals surface area contributed by atoms with Gasteiger partial charge in [-0.05, 0) is 24.3 Å². The summed E-state index contributed by atoms with van der Waals surface area (Å²) in [6, 6.07) is 16.0. The predicted octanol–water partition coefficient (Wildman–Crippen LogP) is 2.48. The molecule has 0 heterocycles. The lowest BCUT2D eigenvalue weighted by Crippen LogP contribution is -2.19. The average Bonchev–Trinajstić information content (AvgIpc) is 2.53. The molecule has 2 rings (SSSR count). The first kappa shape index (κ1) is 15.3. The number of methoxy groups -OCH3 is 1. The van der Waals surface area contributed by atoms with Crippen molar-refractivity contribution in [3.8, 4) is 5.75 Å². The minimum atomic E-state index is -2.94. The van der Waals surface area contributed by atoms with Gasteiger partial charge in [-0.1, -0.05) is 30.3 Å². The van der Waals surface area contributed by atoms with Crippen LogP contribution in [0.15, 0.2) is 54.6 Å². The maximum atomic E-state index is 13.4. The lowest BCUT2D eigenvalue weighted by Gasteiger charge is -2.18. The topological polar surface area (TPSA) is 63.6 Å². The molecule has 0 spiro atoms. The van der Waals surface area contributed by atoms with Gasteiger partial charge in [0.25, 0.3) is 0 Å². The summed E-state index contributed by atoms with van der Waals surface area (Å²) in [4.78, 5) is 10.9. The van der Waals surface area contributed by atoms with Crippen LogP contribution in [0.1, 0.15) is 6.42 Å². The molecule has 2 aromatic carbocycles. The molecule has 0 aliphatic heterocycles.